The second-order valence-electron chi connectivity index (χ2n) is 4.77. The molecule has 10 heteroatoms. The summed E-state index contributed by atoms with van der Waals surface area (Å²) in [6.45, 7) is 2.04. The van der Waals surface area contributed by atoms with Crippen LogP contribution in [0.15, 0.2) is 29.3 Å². The Morgan fingerprint density at radius 2 is 2.09 bits per heavy atom. The Bertz CT molecular complexity index is 873. The molecule has 23 heavy (non-hydrogen) atoms. The van der Waals surface area contributed by atoms with Crippen LogP contribution < -0.4 is 5.32 Å². The van der Waals surface area contributed by atoms with Gasteiger partial charge in [-0.1, -0.05) is 0 Å². The third-order valence-electron chi connectivity index (χ3n) is 2.88. The van der Waals surface area contributed by atoms with Gasteiger partial charge in [-0.2, -0.15) is 0 Å². The lowest BCUT2D eigenvalue weighted by Gasteiger charge is -2.06. The zero-order valence-electron chi connectivity index (χ0n) is 12.3. The van der Waals surface area contributed by atoms with Crippen LogP contribution in [-0.4, -0.2) is 30.5 Å². The third-order valence-corrected chi connectivity index (χ3v) is 4.89. The number of hydrogen-bond acceptors (Lipinski definition) is 7. The molecule has 122 valence electrons. The number of benzene rings is 1. The van der Waals surface area contributed by atoms with E-state index < -0.39 is 26.4 Å². The first-order chi connectivity index (χ1) is 10.7. The summed E-state index contributed by atoms with van der Waals surface area (Å²) in [6, 6.07) is 3.09. The molecule has 1 heterocycles. The summed E-state index contributed by atoms with van der Waals surface area (Å²) >= 11 is 1.41. The number of amides is 1. The predicted octanol–water partition coefficient (Wildman–Crippen LogP) is 1.69. The highest BCUT2D eigenvalue weighted by atomic mass is 32.2. The maximum Gasteiger partial charge on any atom is 0.271 e. The molecule has 1 N–H and O–H groups in total. The van der Waals surface area contributed by atoms with E-state index in [4.69, 9.17) is 0 Å². The first-order valence-electron chi connectivity index (χ1n) is 6.36. The van der Waals surface area contributed by atoms with Gasteiger partial charge in [-0.3, -0.25) is 14.9 Å². The SMILES string of the molecule is Cc1ncc(CNC(=O)c2cc([N+](=O)[O-])cc(S(C)(=O)=O)c2)s1. The van der Waals surface area contributed by atoms with Crippen LogP contribution in [0.1, 0.15) is 20.2 Å². The largest absolute Gasteiger partial charge is 0.347 e. The van der Waals surface area contributed by atoms with Crippen LogP contribution in [0.2, 0.25) is 0 Å². The smallest absolute Gasteiger partial charge is 0.271 e. The van der Waals surface area contributed by atoms with Crippen molar-refractivity contribution in [3.8, 4) is 0 Å². The number of aryl methyl sites for hydroxylation is 1. The van der Waals surface area contributed by atoms with E-state index in [1.807, 2.05) is 6.92 Å². The fourth-order valence-electron chi connectivity index (χ4n) is 1.79. The van der Waals surface area contributed by atoms with Crippen LogP contribution in [0.25, 0.3) is 0 Å². The number of nitrogens with zero attached hydrogens (tertiary/aromatic N) is 2. The summed E-state index contributed by atoms with van der Waals surface area (Å²) in [5.41, 5.74) is -0.535. The lowest BCUT2D eigenvalue weighted by atomic mass is 10.2. The van der Waals surface area contributed by atoms with Crippen molar-refractivity contribution in [1.29, 1.82) is 0 Å². The van der Waals surface area contributed by atoms with Crippen LogP contribution in [0.4, 0.5) is 5.69 Å². The monoisotopic (exact) mass is 355 g/mol. The third kappa shape index (κ3) is 4.33. The Balaban J connectivity index is 2.28. The van der Waals surface area contributed by atoms with E-state index in [0.717, 1.165) is 34.3 Å². The van der Waals surface area contributed by atoms with Crippen LogP contribution in [0.3, 0.4) is 0 Å². The molecule has 0 aliphatic rings. The van der Waals surface area contributed by atoms with Crippen LogP contribution in [0, 0.1) is 17.0 Å². The Morgan fingerprint density at radius 3 is 2.61 bits per heavy atom. The zero-order valence-corrected chi connectivity index (χ0v) is 13.9. The highest BCUT2D eigenvalue weighted by molar-refractivity contribution is 7.90. The normalized spacial score (nSPS) is 11.2. The minimum atomic E-state index is -3.67. The van der Waals surface area contributed by atoms with Crippen molar-refractivity contribution in [2.24, 2.45) is 0 Å². The first-order valence-corrected chi connectivity index (χ1v) is 9.06. The molecule has 2 aromatic rings. The number of nitro benzene ring substituents is 1. The van der Waals surface area contributed by atoms with Crippen LogP contribution in [-0.2, 0) is 16.4 Å². The number of nitrogens with one attached hydrogen (secondary N) is 1. The molecule has 1 amide bonds. The van der Waals surface area contributed by atoms with E-state index in [9.17, 15) is 23.3 Å². The fourth-order valence-corrected chi connectivity index (χ4v) is 3.20. The molecule has 1 aromatic carbocycles. The van der Waals surface area contributed by atoms with Crippen molar-refractivity contribution in [2.75, 3.05) is 6.26 Å². The highest BCUT2D eigenvalue weighted by Crippen LogP contribution is 2.21. The van der Waals surface area contributed by atoms with E-state index in [0.29, 0.717) is 0 Å². The molecule has 0 aliphatic carbocycles. The molecule has 0 fully saturated rings. The van der Waals surface area contributed by atoms with Crippen molar-refractivity contribution >= 4 is 32.8 Å². The summed E-state index contributed by atoms with van der Waals surface area (Å²) in [5, 5.41) is 14.3. The standard InChI is InChI=1S/C13H13N3O5S2/c1-8-14-6-11(22-8)7-15-13(17)9-3-10(16(18)19)5-12(4-9)23(2,20)21/h3-6H,7H2,1-2H3,(H,15,17). The molecule has 0 unspecified atom stereocenters. The molecule has 0 aliphatic heterocycles. The Morgan fingerprint density at radius 1 is 1.39 bits per heavy atom. The van der Waals surface area contributed by atoms with E-state index in [1.54, 1.807) is 6.20 Å². The summed E-state index contributed by atoms with van der Waals surface area (Å²) in [5.74, 6) is -0.593. The molecular formula is C13H13N3O5S2. The van der Waals surface area contributed by atoms with Crippen molar-refractivity contribution < 1.29 is 18.1 Å². The van der Waals surface area contributed by atoms with Gasteiger partial charge >= 0.3 is 0 Å². The van der Waals surface area contributed by atoms with Gasteiger partial charge in [0.1, 0.15) is 0 Å². The van der Waals surface area contributed by atoms with E-state index >= 15 is 0 Å². The zero-order chi connectivity index (χ0) is 17.2. The molecule has 0 saturated heterocycles. The quantitative estimate of drug-likeness (QED) is 0.644. The summed E-state index contributed by atoms with van der Waals surface area (Å²) in [4.78, 5) is 26.9. The molecule has 8 nitrogen and oxygen atoms in total. The maximum absolute atomic E-state index is 12.1. The maximum atomic E-state index is 12.1. The van der Waals surface area contributed by atoms with Crippen molar-refractivity contribution in [3.05, 3.63) is 50.0 Å². The molecular weight excluding hydrogens is 342 g/mol. The van der Waals surface area contributed by atoms with Gasteiger partial charge in [-0.05, 0) is 13.0 Å². The molecule has 0 bridgehead atoms. The number of hydrogen-bond donors (Lipinski definition) is 1. The Hall–Kier alpha value is -2.33. The molecule has 0 saturated carbocycles. The van der Waals surface area contributed by atoms with E-state index in [1.165, 1.54) is 11.3 Å². The lowest BCUT2D eigenvalue weighted by molar-refractivity contribution is -0.385. The number of nitro groups is 1. The minimum Gasteiger partial charge on any atom is -0.347 e. The number of sulfone groups is 1. The number of thiazole rings is 1. The fraction of sp³-hybridized carbons (Fsp3) is 0.231. The van der Waals surface area contributed by atoms with Gasteiger partial charge < -0.3 is 5.32 Å². The second kappa shape index (κ2) is 6.42. The van der Waals surface area contributed by atoms with Gasteiger partial charge in [0, 0.05) is 35.0 Å². The van der Waals surface area contributed by atoms with Gasteiger partial charge in [-0.25, -0.2) is 13.4 Å². The molecule has 2 rings (SSSR count). The van der Waals surface area contributed by atoms with Crippen LogP contribution in [0.5, 0.6) is 0 Å². The topological polar surface area (TPSA) is 119 Å². The predicted molar refractivity (Wildman–Crippen MR) is 84.2 cm³/mol. The number of carbonyl (C=O) groups excluding carboxylic acids is 1. The molecule has 0 atom stereocenters. The molecule has 1 aromatic heterocycles. The first kappa shape index (κ1) is 17.0. The average molecular weight is 355 g/mol. The van der Waals surface area contributed by atoms with Crippen molar-refractivity contribution in [2.45, 2.75) is 18.4 Å². The number of aromatic nitrogens is 1. The van der Waals surface area contributed by atoms with Gasteiger partial charge in [0.15, 0.2) is 9.84 Å². The van der Waals surface area contributed by atoms with Gasteiger partial charge in [0.05, 0.1) is 21.4 Å². The van der Waals surface area contributed by atoms with Crippen LogP contribution >= 0.6 is 11.3 Å². The highest BCUT2D eigenvalue weighted by Gasteiger charge is 2.19. The Kier molecular flexibility index (Phi) is 4.76. The molecule has 0 radical (unpaired) electrons. The van der Waals surface area contributed by atoms with E-state index in [2.05, 4.69) is 10.3 Å². The summed E-state index contributed by atoms with van der Waals surface area (Å²) in [7, 11) is -3.67. The van der Waals surface area contributed by atoms with Gasteiger partial charge in [0.2, 0.25) is 0 Å². The van der Waals surface area contributed by atoms with Gasteiger partial charge in [-0.15, -0.1) is 11.3 Å². The summed E-state index contributed by atoms with van der Waals surface area (Å²) < 4.78 is 23.2. The van der Waals surface area contributed by atoms with Crippen molar-refractivity contribution in [1.82, 2.24) is 10.3 Å². The van der Waals surface area contributed by atoms with E-state index in [-0.39, 0.29) is 17.0 Å². The summed E-state index contributed by atoms with van der Waals surface area (Å²) in [6.07, 6.45) is 2.55. The second-order valence-corrected chi connectivity index (χ2v) is 8.11. The lowest BCUT2D eigenvalue weighted by Crippen LogP contribution is -2.22. The Labute approximate surface area is 136 Å². The number of non-ortho nitro benzene ring substituents is 1. The molecule has 0 spiro atoms. The van der Waals surface area contributed by atoms with Gasteiger partial charge in [0.25, 0.3) is 11.6 Å². The average Bonchev–Trinajstić information content (AvgIpc) is 2.89. The van der Waals surface area contributed by atoms with Crippen molar-refractivity contribution in [3.63, 3.8) is 0 Å². The minimum absolute atomic E-state index is 0.0825. The number of rotatable bonds is 5. The number of carbonyl (C=O) groups is 1.